The molecule has 1 aliphatic rings. The zero-order valence-electron chi connectivity index (χ0n) is 15.3. The van der Waals surface area contributed by atoms with Crippen molar-refractivity contribution in [2.75, 3.05) is 13.7 Å². The number of aromatic carboxylic acids is 1. The average Bonchev–Trinajstić information content (AvgIpc) is 2.95. The van der Waals surface area contributed by atoms with E-state index in [0.717, 1.165) is 4.47 Å². The van der Waals surface area contributed by atoms with Gasteiger partial charge >= 0.3 is 5.97 Å². The normalized spacial score (nSPS) is 16.3. The van der Waals surface area contributed by atoms with Crippen molar-refractivity contribution < 1.29 is 19.4 Å². The van der Waals surface area contributed by atoms with E-state index in [-0.39, 0.29) is 18.1 Å². The van der Waals surface area contributed by atoms with Crippen molar-refractivity contribution in [3.05, 3.63) is 63.0 Å². The Bertz CT molecular complexity index is 1090. The molecule has 8 heteroatoms. The Balaban J connectivity index is 1.93. The maximum absolute atomic E-state index is 12.7. The summed E-state index contributed by atoms with van der Waals surface area (Å²) in [7, 11) is 1.62. The van der Waals surface area contributed by atoms with Gasteiger partial charge in [-0.05, 0) is 54.2 Å². The van der Waals surface area contributed by atoms with Gasteiger partial charge in [-0.3, -0.25) is 9.69 Å². The van der Waals surface area contributed by atoms with Crippen molar-refractivity contribution in [3.63, 3.8) is 0 Å². The number of likely N-dealkylation sites (N-methyl/N-ethyl adjacent to an activating group) is 1. The van der Waals surface area contributed by atoms with Crippen LogP contribution in [0.5, 0.6) is 5.75 Å². The van der Waals surface area contributed by atoms with Crippen LogP contribution in [0.4, 0.5) is 5.69 Å². The summed E-state index contributed by atoms with van der Waals surface area (Å²) in [6.07, 6.45) is 6.98. The number of ether oxygens (including phenoxy) is 1. The van der Waals surface area contributed by atoms with Gasteiger partial charge in [0.1, 0.15) is 12.4 Å². The van der Waals surface area contributed by atoms with E-state index in [1.807, 2.05) is 12.1 Å². The molecule has 0 bridgehead atoms. The zero-order chi connectivity index (χ0) is 21.0. The van der Waals surface area contributed by atoms with Crippen molar-refractivity contribution in [1.82, 2.24) is 4.90 Å². The molecule has 2 aromatic carbocycles. The SMILES string of the molecule is C#CCOc1ccc(Br)cc1C=C1SC(=Nc2cccc(C(=O)O)c2)N(C)C1=O. The van der Waals surface area contributed by atoms with Gasteiger partial charge in [0.2, 0.25) is 0 Å². The second-order valence-corrected chi connectivity index (χ2v) is 7.82. The summed E-state index contributed by atoms with van der Waals surface area (Å²) in [6, 6.07) is 11.7. The zero-order valence-corrected chi connectivity index (χ0v) is 17.7. The van der Waals surface area contributed by atoms with E-state index < -0.39 is 5.97 Å². The molecule has 0 saturated carbocycles. The number of thioether (sulfide) groups is 1. The van der Waals surface area contributed by atoms with Gasteiger partial charge in [0.25, 0.3) is 5.91 Å². The van der Waals surface area contributed by atoms with E-state index in [4.69, 9.17) is 16.3 Å². The lowest BCUT2D eigenvalue weighted by atomic mass is 10.2. The number of benzene rings is 2. The minimum Gasteiger partial charge on any atom is -0.480 e. The van der Waals surface area contributed by atoms with E-state index >= 15 is 0 Å². The highest BCUT2D eigenvalue weighted by molar-refractivity contribution is 9.10. The van der Waals surface area contributed by atoms with Gasteiger partial charge in [-0.15, -0.1) is 6.42 Å². The maximum Gasteiger partial charge on any atom is 0.335 e. The fourth-order valence-corrected chi connectivity index (χ4v) is 3.85. The van der Waals surface area contributed by atoms with Crippen LogP contribution in [-0.4, -0.2) is 40.7 Å². The lowest BCUT2D eigenvalue weighted by molar-refractivity contribution is -0.121. The predicted molar refractivity (Wildman–Crippen MR) is 117 cm³/mol. The van der Waals surface area contributed by atoms with Crippen molar-refractivity contribution >= 4 is 56.5 Å². The monoisotopic (exact) mass is 470 g/mol. The molecule has 0 aromatic heterocycles. The molecular formula is C21H15BrN2O4S. The summed E-state index contributed by atoms with van der Waals surface area (Å²) in [4.78, 5) is 30.1. The van der Waals surface area contributed by atoms with Crippen LogP contribution < -0.4 is 4.74 Å². The lowest BCUT2D eigenvalue weighted by Crippen LogP contribution is -2.23. The molecule has 2 aromatic rings. The number of carboxylic acid groups (broad SMARTS) is 1. The second-order valence-electron chi connectivity index (χ2n) is 5.90. The highest BCUT2D eigenvalue weighted by Gasteiger charge is 2.30. The molecule has 0 unspecified atom stereocenters. The first-order valence-electron chi connectivity index (χ1n) is 8.34. The van der Waals surface area contributed by atoms with E-state index in [1.165, 1.54) is 28.8 Å². The summed E-state index contributed by atoms with van der Waals surface area (Å²) >= 11 is 4.61. The number of terminal acetylenes is 1. The number of carbonyl (C=O) groups excluding carboxylic acids is 1. The third kappa shape index (κ3) is 4.88. The van der Waals surface area contributed by atoms with Gasteiger partial charge in [-0.1, -0.05) is 27.9 Å². The standard InChI is InChI=1S/C21H15BrN2O4S/c1-3-9-28-17-8-7-15(22)10-14(17)12-18-19(25)24(2)21(29-18)23-16-6-4-5-13(11-16)20(26)27/h1,4-8,10-12H,9H2,2H3,(H,26,27). The first-order chi connectivity index (χ1) is 13.9. The molecule has 3 rings (SSSR count). The Kier molecular flexibility index (Phi) is 6.42. The van der Waals surface area contributed by atoms with Gasteiger partial charge in [0.05, 0.1) is 16.2 Å². The minimum atomic E-state index is -1.04. The number of amidine groups is 1. The summed E-state index contributed by atoms with van der Waals surface area (Å²) in [6.45, 7) is 0.116. The number of rotatable bonds is 5. The summed E-state index contributed by atoms with van der Waals surface area (Å²) in [5, 5.41) is 9.57. The number of aliphatic imine (C=N–C) groups is 1. The Labute approximate surface area is 180 Å². The third-order valence-electron chi connectivity index (χ3n) is 3.89. The molecule has 29 heavy (non-hydrogen) atoms. The van der Waals surface area contributed by atoms with E-state index in [9.17, 15) is 9.59 Å². The maximum atomic E-state index is 12.7. The van der Waals surface area contributed by atoms with Crippen molar-refractivity contribution in [1.29, 1.82) is 0 Å². The second kappa shape index (κ2) is 8.99. The fourth-order valence-electron chi connectivity index (χ4n) is 2.49. The quantitative estimate of drug-likeness (QED) is 0.517. The number of hydrogen-bond acceptors (Lipinski definition) is 5. The molecule has 0 radical (unpaired) electrons. The first kappa shape index (κ1) is 20.7. The van der Waals surface area contributed by atoms with Crippen LogP contribution in [-0.2, 0) is 4.79 Å². The molecule has 146 valence electrons. The van der Waals surface area contributed by atoms with E-state index in [2.05, 4.69) is 26.8 Å². The number of carboxylic acids is 1. The van der Waals surface area contributed by atoms with E-state index in [1.54, 1.807) is 31.3 Å². The van der Waals surface area contributed by atoms with Crippen molar-refractivity contribution in [2.45, 2.75) is 0 Å². The molecule has 1 aliphatic heterocycles. The lowest BCUT2D eigenvalue weighted by Gasteiger charge is -2.08. The van der Waals surface area contributed by atoms with Crippen LogP contribution in [0.25, 0.3) is 6.08 Å². The Morgan fingerprint density at radius 3 is 2.90 bits per heavy atom. The first-order valence-corrected chi connectivity index (χ1v) is 9.95. The average molecular weight is 471 g/mol. The fraction of sp³-hybridized carbons (Fsp3) is 0.0952. The number of nitrogens with zero attached hydrogens (tertiary/aromatic N) is 2. The molecule has 0 spiro atoms. The molecule has 1 N–H and O–H groups in total. The summed E-state index contributed by atoms with van der Waals surface area (Å²) < 4.78 is 6.38. The smallest absolute Gasteiger partial charge is 0.335 e. The van der Waals surface area contributed by atoms with Crippen LogP contribution in [0.3, 0.4) is 0 Å². The number of halogens is 1. The van der Waals surface area contributed by atoms with Gasteiger partial charge in [0, 0.05) is 17.1 Å². The third-order valence-corrected chi connectivity index (χ3v) is 5.44. The molecule has 0 atom stereocenters. The topological polar surface area (TPSA) is 79.2 Å². The van der Waals surface area contributed by atoms with Crippen LogP contribution in [0.1, 0.15) is 15.9 Å². The van der Waals surface area contributed by atoms with Crippen LogP contribution in [0.2, 0.25) is 0 Å². The van der Waals surface area contributed by atoms with Gasteiger partial charge in [0.15, 0.2) is 5.17 Å². The highest BCUT2D eigenvalue weighted by Crippen LogP contribution is 2.35. The van der Waals surface area contributed by atoms with Gasteiger partial charge in [-0.25, -0.2) is 9.79 Å². The van der Waals surface area contributed by atoms with Crippen molar-refractivity contribution in [2.24, 2.45) is 4.99 Å². The molecule has 1 saturated heterocycles. The number of hydrogen-bond donors (Lipinski definition) is 1. The Morgan fingerprint density at radius 1 is 1.38 bits per heavy atom. The Hall–Kier alpha value is -3.02. The highest BCUT2D eigenvalue weighted by atomic mass is 79.9. The van der Waals surface area contributed by atoms with Crippen molar-refractivity contribution in [3.8, 4) is 18.1 Å². The van der Waals surface area contributed by atoms with Crippen LogP contribution >= 0.6 is 27.7 Å². The molecule has 0 aliphatic carbocycles. The molecule has 1 fully saturated rings. The van der Waals surface area contributed by atoms with Gasteiger partial charge in [-0.2, -0.15) is 0 Å². The Morgan fingerprint density at radius 2 is 2.17 bits per heavy atom. The van der Waals surface area contributed by atoms with E-state index in [0.29, 0.717) is 27.1 Å². The molecule has 6 nitrogen and oxygen atoms in total. The summed E-state index contributed by atoms with van der Waals surface area (Å²) in [5.74, 6) is 1.73. The summed E-state index contributed by atoms with van der Waals surface area (Å²) in [5.41, 5.74) is 1.28. The van der Waals surface area contributed by atoms with Crippen LogP contribution in [0, 0.1) is 12.3 Å². The number of carbonyl (C=O) groups is 2. The largest absolute Gasteiger partial charge is 0.480 e. The molecular weight excluding hydrogens is 456 g/mol. The van der Waals surface area contributed by atoms with Gasteiger partial charge < -0.3 is 9.84 Å². The predicted octanol–water partition coefficient (Wildman–Crippen LogP) is 4.39. The molecule has 1 heterocycles. The molecule has 1 amide bonds. The van der Waals surface area contributed by atoms with Crippen LogP contribution in [0.15, 0.2) is 56.8 Å². The minimum absolute atomic E-state index is 0.116. The number of amides is 1.